The van der Waals surface area contributed by atoms with Crippen molar-refractivity contribution in [2.45, 2.75) is 44.9 Å². The summed E-state index contributed by atoms with van der Waals surface area (Å²) in [5.74, 6) is 0.889. The molecule has 1 saturated carbocycles. The van der Waals surface area contributed by atoms with Crippen molar-refractivity contribution in [3.8, 4) is 11.4 Å². The largest absolute Gasteiger partial charge is 0.376 e. The number of morpholine rings is 1. The van der Waals surface area contributed by atoms with Crippen molar-refractivity contribution in [2.24, 2.45) is 0 Å². The van der Waals surface area contributed by atoms with Gasteiger partial charge in [-0.3, -0.25) is 4.79 Å². The standard InChI is InChI=1S/C18H24N6O2/c1-12-10-23(11-13(2)26-12)17(25)9-19-15-5-3-14(4-6-15)18-20-21-22-24(18)16-7-8-16/h3-6,12-13,16,19H,7-11H2,1-2H3/t12-,13+. The lowest BCUT2D eigenvalue weighted by Gasteiger charge is -2.35. The zero-order chi connectivity index (χ0) is 18.1. The Bertz CT molecular complexity index is 760. The Morgan fingerprint density at radius 3 is 2.54 bits per heavy atom. The smallest absolute Gasteiger partial charge is 0.242 e. The summed E-state index contributed by atoms with van der Waals surface area (Å²) >= 11 is 0. The summed E-state index contributed by atoms with van der Waals surface area (Å²) in [6.07, 6.45) is 2.44. The van der Waals surface area contributed by atoms with Crippen LogP contribution >= 0.6 is 0 Å². The Morgan fingerprint density at radius 1 is 1.19 bits per heavy atom. The molecule has 8 nitrogen and oxygen atoms in total. The maximum Gasteiger partial charge on any atom is 0.242 e. The number of amides is 1. The molecule has 1 aromatic carbocycles. The van der Waals surface area contributed by atoms with Crippen LogP contribution in [0.3, 0.4) is 0 Å². The van der Waals surface area contributed by atoms with E-state index in [1.165, 1.54) is 0 Å². The van der Waals surface area contributed by atoms with Gasteiger partial charge < -0.3 is 15.0 Å². The van der Waals surface area contributed by atoms with E-state index in [9.17, 15) is 4.79 Å². The van der Waals surface area contributed by atoms with Crippen LogP contribution in [0.4, 0.5) is 5.69 Å². The third kappa shape index (κ3) is 3.70. The van der Waals surface area contributed by atoms with Gasteiger partial charge in [-0.2, -0.15) is 0 Å². The number of rotatable bonds is 5. The van der Waals surface area contributed by atoms with Gasteiger partial charge in [-0.15, -0.1) is 5.10 Å². The molecule has 138 valence electrons. The summed E-state index contributed by atoms with van der Waals surface area (Å²) in [7, 11) is 0. The van der Waals surface area contributed by atoms with E-state index >= 15 is 0 Å². The average molecular weight is 356 g/mol. The van der Waals surface area contributed by atoms with Crippen molar-refractivity contribution in [3.05, 3.63) is 24.3 Å². The predicted molar refractivity (Wildman–Crippen MR) is 96.6 cm³/mol. The quantitative estimate of drug-likeness (QED) is 0.878. The third-order valence-electron chi connectivity index (χ3n) is 4.74. The monoisotopic (exact) mass is 356 g/mol. The molecule has 1 amide bonds. The number of hydrogen-bond acceptors (Lipinski definition) is 6. The van der Waals surface area contributed by atoms with Crippen LogP contribution < -0.4 is 5.32 Å². The summed E-state index contributed by atoms with van der Waals surface area (Å²) in [5.41, 5.74) is 1.89. The number of tetrazole rings is 1. The molecule has 2 atom stereocenters. The van der Waals surface area contributed by atoms with Crippen molar-refractivity contribution in [2.75, 3.05) is 25.0 Å². The van der Waals surface area contributed by atoms with Crippen molar-refractivity contribution < 1.29 is 9.53 Å². The van der Waals surface area contributed by atoms with Crippen LogP contribution in [0.25, 0.3) is 11.4 Å². The van der Waals surface area contributed by atoms with Crippen molar-refractivity contribution in [3.63, 3.8) is 0 Å². The van der Waals surface area contributed by atoms with Gasteiger partial charge in [-0.1, -0.05) is 0 Å². The Balaban J connectivity index is 1.35. The SMILES string of the molecule is C[C@@H]1CN(C(=O)CNc2ccc(-c3nnnn3C3CC3)cc2)C[C@H](C)O1. The zero-order valence-corrected chi connectivity index (χ0v) is 15.1. The first kappa shape index (κ1) is 17.0. The fourth-order valence-electron chi connectivity index (χ4n) is 3.36. The number of carbonyl (C=O) groups is 1. The Morgan fingerprint density at radius 2 is 1.88 bits per heavy atom. The molecule has 2 aromatic rings. The number of ether oxygens (including phenoxy) is 1. The maximum atomic E-state index is 12.4. The van der Waals surface area contributed by atoms with Crippen molar-refractivity contribution in [1.29, 1.82) is 0 Å². The lowest BCUT2D eigenvalue weighted by Crippen LogP contribution is -2.49. The van der Waals surface area contributed by atoms with Gasteiger partial charge in [0.25, 0.3) is 0 Å². The van der Waals surface area contributed by atoms with Crippen LogP contribution in [0.1, 0.15) is 32.7 Å². The van der Waals surface area contributed by atoms with E-state index in [4.69, 9.17) is 4.74 Å². The highest BCUT2D eigenvalue weighted by molar-refractivity contribution is 5.81. The topological polar surface area (TPSA) is 85.2 Å². The fraction of sp³-hybridized carbons (Fsp3) is 0.556. The van der Waals surface area contributed by atoms with Gasteiger partial charge in [0.1, 0.15) is 0 Å². The van der Waals surface area contributed by atoms with E-state index in [2.05, 4.69) is 20.8 Å². The summed E-state index contributed by atoms with van der Waals surface area (Å²) in [6.45, 7) is 5.56. The molecule has 26 heavy (non-hydrogen) atoms. The molecule has 1 saturated heterocycles. The van der Waals surface area contributed by atoms with Gasteiger partial charge in [0, 0.05) is 24.3 Å². The fourth-order valence-corrected chi connectivity index (χ4v) is 3.36. The minimum Gasteiger partial charge on any atom is -0.376 e. The van der Waals surface area contributed by atoms with Gasteiger partial charge in [0.05, 0.1) is 24.8 Å². The summed E-state index contributed by atoms with van der Waals surface area (Å²) < 4.78 is 7.57. The van der Waals surface area contributed by atoms with E-state index in [-0.39, 0.29) is 24.7 Å². The van der Waals surface area contributed by atoms with Crippen LogP contribution in [0, 0.1) is 0 Å². The molecular weight excluding hydrogens is 332 g/mol. The number of carbonyl (C=O) groups excluding carboxylic acids is 1. The van der Waals surface area contributed by atoms with E-state index in [1.807, 2.05) is 47.7 Å². The number of nitrogens with zero attached hydrogens (tertiary/aromatic N) is 5. The van der Waals surface area contributed by atoms with Crippen LogP contribution in [0.15, 0.2) is 24.3 Å². The Hall–Kier alpha value is -2.48. The van der Waals surface area contributed by atoms with Crippen LogP contribution in [0.2, 0.25) is 0 Å². The zero-order valence-electron chi connectivity index (χ0n) is 15.1. The van der Waals surface area contributed by atoms with Gasteiger partial charge in [0.15, 0.2) is 5.82 Å². The van der Waals surface area contributed by atoms with Gasteiger partial charge in [0.2, 0.25) is 5.91 Å². The lowest BCUT2D eigenvalue weighted by atomic mass is 10.2. The second kappa shape index (κ2) is 7.03. The molecule has 2 fully saturated rings. The second-order valence-corrected chi connectivity index (χ2v) is 7.17. The highest BCUT2D eigenvalue weighted by Crippen LogP contribution is 2.36. The van der Waals surface area contributed by atoms with E-state index in [1.54, 1.807) is 0 Å². The molecule has 1 N–H and O–H groups in total. The molecule has 4 rings (SSSR count). The molecule has 0 bridgehead atoms. The molecule has 8 heteroatoms. The molecule has 1 aromatic heterocycles. The normalized spacial score (nSPS) is 23.1. The molecule has 0 unspecified atom stereocenters. The number of nitrogens with one attached hydrogen (secondary N) is 1. The van der Waals surface area contributed by atoms with Crippen LogP contribution in [0.5, 0.6) is 0 Å². The molecule has 0 spiro atoms. The number of aromatic nitrogens is 4. The number of anilines is 1. The predicted octanol–water partition coefficient (Wildman–Crippen LogP) is 1.72. The first-order valence-corrected chi connectivity index (χ1v) is 9.15. The highest BCUT2D eigenvalue weighted by atomic mass is 16.5. The molecule has 2 aliphatic rings. The van der Waals surface area contributed by atoms with E-state index < -0.39 is 0 Å². The van der Waals surface area contributed by atoms with E-state index in [0.717, 1.165) is 29.9 Å². The van der Waals surface area contributed by atoms with Gasteiger partial charge in [-0.25, -0.2) is 4.68 Å². The van der Waals surface area contributed by atoms with Crippen molar-refractivity contribution >= 4 is 11.6 Å². The minimum atomic E-state index is 0.0828. The molecular formula is C18H24N6O2. The Kier molecular flexibility index (Phi) is 4.58. The minimum absolute atomic E-state index is 0.0828. The summed E-state index contributed by atoms with van der Waals surface area (Å²) in [6, 6.07) is 8.32. The number of benzene rings is 1. The molecule has 2 heterocycles. The third-order valence-corrected chi connectivity index (χ3v) is 4.74. The molecule has 1 aliphatic heterocycles. The summed E-state index contributed by atoms with van der Waals surface area (Å²) in [5, 5.41) is 15.2. The first-order valence-electron chi connectivity index (χ1n) is 9.15. The molecule has 0 radical (unpaired) electrons. The Labute approximate surface area is 152 Å². The highest BCUT2D eigenvalue weighted by Gasteiger charge is 2.28. The van der Waals surface area contributed by atoms with Gasteiger partial charge >= 0.3 is 0 Å². The van der Waals surface area contributed by atoms with Crippen molar-refractivity contribution in [1.82, 2.24) is 25.1 Å². The molecule has 1 aliphatic carbocycles. The second-order valence-electron chi connectivity index (χ2n) is 7.17. The van der Waals surface area contributed by atoms with E-state index in [0.29, 0.717) is 19.1 Å². The lowest BCUT2D eigenvalue weighted by molar-refractivity contribution is -0.141. The first-order chi connectivity index (χ1) is 12.6. The number of hydrogen-bond donors (Lipinski definition) is 1. The van der Waals surface area contributed by atoms with Crippen LogP contribution in [-0.4, -0.2) is 62.9 Å². The summed E-state index contributed by atoms with van der Waals surface area (Å²) in [4.78, 5) is 14.3. The average Bonchev–Trinajstić information content (AvgIpc) is 3.36. The van der Waals surface area contributed by atoms with Gasteiger partial charge in [-0.05, 0) is 61.4 Å². The maximum absolute atomic E-state index is 12.4. The van der Waals surface area contributed by atoms with Crippen LogP contribution in [-0.2, 0) is 9.53 Å².